The van der Waals surface area contributed by atoms with Gasteiger partial charge in [-0.3, -0.25) is 4.79 Å². The van der Waals surface area contributed by atoms with Gasteiger partial charge in [-0.2, -0.15) is 5.21 Å². The van der Waals surface area contributed by atoms with Crippen molar-refractivity contribution < 1.29 is 9.18 Å². The molecule has 0 aliphatic carbocycles. The molecule has 9 heteroatoms. The van der Waals surface area contributed by atoms with Crippen LogP contribution >= 0.6 is 0 Å². The molecule has 0 radical (unpaired) electrons. The maximum atomic E-state index is 14.1. The normalized spacial score (nSPS) is 11.9. The lowest BCUT2D eigenvalue weighted by atomic mass is 10.2. The predicted octanol–water partition coefficient (Wildman–Crippen LogP) is 0.657. The topological polar surface area (TPSA) is 108 Å². The quantitative estimate of drug-likeness (QED) is 0.741. The molecule has 0 aliphatic heterocycles. The first kappa shape index (κ1) is 13.8. The van der Waals surface area contributed by atoms with Crippen LogP contribution in [0.5, 0.6) is 0 Å². The van der Waals surface area contributed by atoms with Crippen molar-refractivity contribution in [3.8, 4) is 0 Å². The number of hydrogen-bond acceptors (Lipinski definition) is 6. The van der Waals surface area contributed by atoms with Gasteiger partial charge in [-0.05, 0) is 19.9 Å². The van der Waals surface area contributed by atoms with Crippen molar-refractivity contribution in [3.63, 3.8) is 0 Å². The molecule has 2 aromatic heterocycles. The molecule has 0 aromatic carbocycles. The number of anilines is 1. The van der Waals surface area contributed by atoms with E-state index in [-0.39, 0.29) is 11.4 Å². The summed E-state index contributed by atoms with van der Waals surface area (Å²) in [5.41, 5.74) is -0.0914. The monoisotopic (exact) mass is 279 g/mol. The van der Waals surface area contributed by atoms with Crippen LogP contribution in [0, 0.1) is 5.82 Å². The van der Waals surface area contributed by atoms with Crippen LogP contribution < -0.4 is 10.6 Å². The lowest BCUT2D eigenvalue weighted by Crippen LogP contribution is -2.28. The number of nitrogens with one attached hydrogen (secondary N) is 3. The van der Waals surface area contributed by atoms with Crippen molar-refractivity contribution in [2.24, 2.45) is 0 Å². The minimum absolute atomic E-state index is 0.0485. The average molecular weight is 279 g/mol. The fraction of sp³-hybridized carbons (Fsp3) is 0.364. The highest BCUT2D eigenvalue weighted by atomic mass is 19.1. The molecule has 3 N–H and O–H groups in total. The molecule has 2 aromatic rings. The first-order chi connectivity index (χ1) is 9.63. The van der Waals surface area contributed by atoms with Gasteiger partial charge >= 0.3 is 0 Å². The smallest absolute Gasteiger partial charge is 0.255 e. The Morgan fingerprint density at radius 3 is 3.00 bits per heavy atom. The highest BCUT2D eigenvalue weighted by molar-refractivity contribution is 5.95. The number of aromatic amines is 1. The number of nitrogens with zero attached hydrogens (tertiary/aromatic N) is 4. The zero-order valence-corrected chi connectivity index (χ0v) is 11.0. The van der Waals surface area contributed by atoms with Crippen LogP contribution in [0.15, 0.2) is 12.3 Å². The molecule has 0 saturated heterocycles. The maximum Gasteiger partial charge on any atom is 0.255 e. The van der Waals surface area contributed by atoms with Crippen molar-refractivity contribution in [1.29, 1.82) is 0 Å². The number of rotatable bonds is 5. The highest BCUT2D eigenvalue weighted by Crippen LogP contribution is 2.16. The third kappa shape index (κ3) is 2.87. The Bertz CT molecular complexity index is 586. The Hall–Kier alpha value is -2.58. The van der Waals surface area contributed by atoms with Crippen LogP contribution in [0.3, 0.4) is 0 Å². The second kappa shape index (κ2) is 6.04. The molecule has 1 atom stereocenters. The second-order valence-electron chi connectivity index (χ2n) is 4.02. The fourth-order valence-corrected chi connectivity index (χ4v) is 1.60. The van der Waals surface area contributed by atoms with Gasteiger partial charge in [0.2, 0.25) is 0 Å². The van der Waals surface area contributed by atoms with Crippen molar-refractivity contribution in [1.82, 2.24) is 30.9 Å². The molecule has 0 spiro atoms. The van der Waals surface area contributed by atoms with E-state index in [4.69, 9.17) is 0 Å². The number of carbonyl (C=O) groups is 1. The molecule has 1 unspecified atom stereocenters. The Labute approximate surface area is 114 Å². The van der Waals surface area contributed by atoms with Crippen LogP contribution in [-0.2, 0) is 0 Å². The van der Waals surface area contributed by atoms with Crippen LogP contribution in [0.4, 0.5) is 10.2 Å². The summed E-state index contributed by atoms with van der Waals surface area (Å²) < 4.78 is 14.1. The van der Waals surface area contributed by atoms with Gasteiger partial charge in [0.1, 0.15) is 0 Å². The van der Waals surface area contributed by atoms with E-state index in [0.717, 1.165) is 0 Å². The molecule has 0 bridgehead atoms. The summed E-state index contributed by atoms with van der Waals surface area (Å²) in [4.78, 5) is 15.9. The largest absolute Gasteiger partial charge is 0.368 e. The van der Waals surface area contributed by atoms with Gasteiger partial charge in [-0.1, -0.05) is 5.21 Å². The summed E-state index contributed by atoms with van der Waals surface area (Å²) in [5.74, 6) is -0.888. The van der Waals surface area contributed by atoms with Gasteiger partial charge in [-0.25, -0.2) is 9.37 Å². The number of H-pyrrole nitrogens is 1. The lowest BCUT2D eigenvalue weighted by Gasteiger charge is -2.12. The van der Waals surface area contributed by atoms with E-state index in [2.05, 4.69) is 36.2 Å². The number of hydrogen-bond donors (Lipinski definition) is 3. The standard InChI is InChI=1S/C11H14FN7O/c1-3-13-10-8(12)7(4-5-14-10)11(20)15-6(2)9-16-18-19-17-9/h4-6H,3H2,1-2H3,(H,13,14)(H,15,20)(H,16,17,18,19). The van der Waals surface area contributed by atoms with E-state index in [0.29, 0.717) is 12.4 Å². The summed E-state index contributed by atoms with van der Waals surface area (Å²) in [6, 6.07) is 0.824. The molecule has 1 amide bonds. The Morgan fingerprint density at radius 2 is 2.35 bits per heavy atom. The molecule has 2 heterocycles. The summed E-state index contributed by atoms with van der Waals surface area (Å²) >= 11 is 0. The van der Waals surface area contributed by atoms with E-state index in [1.807, 2.05) is 6.92 Å². The summed E-state index contributed by atoms with van der Waals surface area (Å²) in [5, 5.41) is 18.5. The first-order valence-corrected chi connectivity index (χ1v) is 6.06. The molecule has 0 saturated carbocycles. The molecule has 0 fully saturated rings. The minimum atomic E-state index is -0.688. The number of pyridine rings is 1. The highest BCUT2D eigenvalue weighted by Gasteiger charge is 2.19. The summed E-state index contributed by atoms with van der Waals surface area (Å²) in [7, 11) is 0. The molecule has 2 rings (SSSR count). The van der Waals surface area contributed by atoms with Gasteiger partial charge in [0.25, 0.3) is 5.91 Å². The third-order valence-electron chi connectivity index (χ3n) is 2.57. The van der Waals surface area contributed by atoms with E-state index in [1.165, 1.54) is 12.3 Å². The fourth-order valence-electron chi connectivity index (χ4n) is 1.60. The summed E-state index contributed by atoms with van der Waals surface area (Å²) in [6.45, 7) is 3.99. The third-order valence-corrected chi connectivity index (χ3v) is 2.57. The summed E-state index contributed by atoms with van der Waals surface area (Å²) in [6.07, 6.45) is 1.37. The van der Waals surface area contributed by atoms with E-state index < -0.39 is 17.8 Å². The Kier molecular flexibility index (Phi) is 4.18. The van der Waals surface area contributed by atoms with Gasteiger partial charge in [0.15, 0.2) is 17.5 Å². The number of amides is 1. The molecular weight excluding hydrogens is 265 g/mol. The number of halogens is 1. The zero-order chi connectivity index (χ0) is 14.5. The molecular formula is C11H14FN7O. The van der Waals surface area contributed by atoms with Crippen LogP contribution in [-0.4, -0.2) is 38.1 Å². The predicted molar refractivity (Wildman–Crippen MR) is 68.4 cm³/mol. The Balaban J connectivity index is 2.15. The van der Waals surface area contributed by atoms with Gasteiger partial charge in [-0.15, -0.1) is 10.2 Å². The lowest BCUT2D eigenvalue weighted by molar-refractivity contribution is 0.0934. The van der Waals surface area contributed by atoms with Crippen LogP contribution in [0.1, 0.15) is 36.1 Å². The molecule has 106 valence electrons. The number of aromatic nitrogens is 5. The first-order valence-electron chi connectivity index (χ1n) is 6.06. The Morgan fingerprint density at radius 1 is 1.55 bits per heavy atom. The van der Waals surface area contributed by atoms with Crippen LogP contribution in [0.2, 0.25) is 0 Å². The van der Waals surface area contributed by atoms with Crippen molar-refractivity contribution >= 4 is 11.7 Å². The SMILES string of the molecule is CCNc1nccc(C(=O)NC(C)c2nn[nH]n2)c1F. The minimum Gasteiger partial charge on any atom is -0.368 e. The van der Waals surface area contributed by atoms with Crippen molar-refractivity contribution in [2.45, 2.75) is 19.9 Å². The number of tetrazole rings is 1. The van der Waals surface area contributed by atoms with Crippen LogP contribution in [0.25, 0.3) is 0 Å². The number of carbonyl (C=O) groups excluding carboxylic acids is 1. The van der Waals surface area contributed by atoms with E-state index in [1.54, 1.807) is 6.92 Å². The average Bonchev–Trinajstić information content (AvgIpc) is 2.95. The van der Waals surface area contributed by atoms with Crippen molar-refractivity contribution in [2.75, 3.05) is 11.9 Å². The zero-order valence-electron chi connectivity index (χ0n) is 11.0. The van der Waals surface area contributed by atoms with E-state index >= 15 is 0 Å². The van der Waals surface area contributed by atoms with Gasteiger partial charge in [0, 0.05) is 12.7 Å². The van der Waals surface area contributed by atoms with E-state index in [9.17, 15) is 9.18 Å². The second-order valence-corrected chi connectivity index (χ2v) is 4.02. The van der Waals surface area contributed by atoms with Crippen molar-refractivity contribution in [3.05, 3.63) is 29.5 Å². The molecule has 20 heavy (non-hydrogen) atoms. The van der Waals surface area contributed by atoms with Gasteiger partial charge in [0.05, 0.1) is 11.6 Å². The molecule has 0 aliphatic rings. The molecule has 8 nitrogen and oxygen atoms in total. The maximum absolute atomic E-state index is 14.1. The van der Waals surface area contributed by atoms with Gasteiger partial charge < -0.3 is 10.6 Å².